The normalized spacial score (nSPS) is 12.4. The number of benzene rings is 3. The number of rotatable bonds is 4. The van der Waals surface area contributed by atoms with Gasteiger partial charge < -0.3 is 0 Å². The van der Waals surface area contributed by atoms with E-state index >= 15 is 0 Å². The van der Waals surface area contributed by atoms with Gasteiger partial charge in [0.1, 0.15) is 0 Å². The van der Waals surface area contributed by atoms with Crippen molar-refractivity contribution in [1.29, 1.82) is 0 Å². The molecule has 30 heavy (non-hydrogen) atoms. The summed E-state index contributed by atoms with van der Waals surface area (Å²) < 4.78 is 0. The van der Waals surface area contributed by atoms with Crippen LogP contribution in [0.15, 0.2) is 87.7 Å². The number of fused-ring (bicyclic) bond motifs is 2. The maximum atomic E-state index is 13.2. The minimum absolute atomic E-state index is 0.00175. The second kappa shape index (κ2) is 8.01. The first-order valence-electron chi connectivity index (χ1n) is 9.50. The van der Waals surface area contributed by atoms with Crippen LogP contribution in [-0.2, 0) is 4.79 Å². The molecule has 0 saturated carbocycles. The largest absolute Gasteiger partial charge is 0.278 e. The van der Waals surface area contributed by atoms with Gasteiger partial charge >= 0.3 is 0 Å². The monoisotopic (exact) mass is 430 g/mol. The van der Waals surface area contributed by atoms with E-state index in [2.05, 4.69) is 15.2 Å². The molecule has 5 rings (SSSR count). The number of hydrogen-bond acceptors (Lipinski definition) is 5. The van der Waals surface area contributed by atoms with Crippen LogP contribution in [0.25, 0.3) is 11.4 Å². The Morgan fingerprint density at radius 1 is 0.967 bits per heavy atom. The van der Waals surface area contributed by atoms with Crippen LogP contribution in [0, 0.1) is 6.92 Å². The Balaban J connectivity index is 1.36. The van der Waals surface area contributed by atoms with Gasteiger partial charge in [-0.3, -0.25) is 14.8 Å². The van der Waals surface area contributed by atoms with Crippen LogP contribution in [0.1, 0.15) is 5.56 Å². The molecule has 1 aromatic heterocycles. The van der Waals surface area contributed by atoms with Crippen LogP contribution in [0.2, 0.25) is 0 Å². The van der Waals surface area contributed by atoms with Crippen LogP contribution in [-0.4, -0.2) is 26.8 Å². The second-order valence-corrected chi connectivity index (χ2v) is 8.91. The molecule has 0 radical (unpaired) electrons. The third-order valence-electron chi connectivity index (χ3n) is 4.80. The third kappa shape index (κ3) is 3.62. The Bertz CT molecular complexity index is 1170. The molecule has 7 heteroatoms. The number of para-hydroxylation sites is 2. The highest BCUT2D eigenvalue weighted by Gasteiger charge is 2.28. The molecular weight excluding hydrogens is 412 g/mol. The number of nitrogens with one attached hydrogen (secondary N) is 1. The van der Waals surface area contributed by atoms with Gasteiger partial charge in [-0.1, -0.05) is 77.6 Å². The smallest absolute Gasteiger partial charge is 0.242 e. The molecule has 5 nitrogen and oxygen atoms in total. The van der Waals surface area contributed by atoms with E-state index in [1.807, 2.05) is 84.6 Å². The summed E-state index contributed by atoms with van der Waals surface area (Å²) in [5.74, 6) is 0.954. The van der Waals surface area contributed by atoms with Crippen molar-refractivity contribution in [2.45, 2.75) is 21.9 Å². The van der Waals surface area contributed by atoms with Crippen molar-refractivity contribution in [3.05, 3.63) is 78.4 Å². The summed E-state index contributed by atoms with van der Waals surface area (Å²) >= 11 is 3.03. The quantitative estimate of drug-likeness (QED) is 0.421. The molecule has 3 aromatic carbocycles. The van der Waals surface area contributed by atoms with Crippen molar-refractivity contribution in [3.8, 4) is 11.4 Å². The number of nitrogens with zero attached hydrogens (tertiary/aromatic N) is 3. The highest BCUT2D eigenvalue weighted by molar-refractivity contribution is 8.00. The van der Waals surface area contributed by atoms with Gasteiger partial charge in [-0.05, 0) is 31.2 Å². The van der Waals surface area contributed by atoms with Crippen LogP contribution >= 0.6 is 23.5 Å². The molecule has 0 atom stereocenters. The highest BCUT2D eigenvalue weighted by Crippen LogP contribution is 2.48. The Kier molecular flexibility index (Phi) is 5.06. The molecule has 0 saturated heterocycles. The first-order valence-corrected chi connectivity index (χ1v) is 11.3. The minimum Gasteiger partial charge on any atom is -0.278 e. The molecule has 0 bridgehead atoms. The summed E-state index contributed by atoms with van der Waals surface area (Å²) in [7, 11) is 0. The summed E-state index contributed by atoms with van der Waals surface area (Å²) in [6.07, 6.45) is 0. The van der Waals surface area contributed by atoms with Crippen molar-refractivity contribution >= 4 is 40.8 Å². The van der Waals surface area contributed by atoms with Crippen LogP contribution in [0.4, 0.5) is 11.4 Å². The maximum Gasteiger partial charge on any atom is 0.242 e. The zero-order valence-corrected chi connectivity index (χ0v) is 17.8. The zero-order valence-electron chi connectivity index (χ0n) is 16.2. The van der Waals surface area contributed by atoms with Gasteiger partial charge in [0, 0.05) is 15.4 Å². The van der Waals surface area contributed by atoms with Gasteiger partial charge in [0.25, 0.3) is 0 Å². The number of aryl methyl sites for hydroxylation is 1. The predicted octanol–water partition coefficient (Wildman–Crippen LogP) is 5.70. The summed E-state index contributed by atoms with van der Waals surface area (Å²) in [5, 5.41) is 7.80. The van der Waals surface area contributed by atoms with Gasteiger partial charge in [0.05, 0.1) is 17.1 Å². The summed E-state index contributed by atoms with van der Waals surface area (Å²) in [6.45, 7) is 2.05. The molecular formula is C23H18N4OS2. The molecule has 0 fully saturated rings. The van der Waals surface area contributed by atoms with E-state index in [4.69, 9.17) is 0 Å². The van der Waals surface area contributed by atoms with Crippen molar-refractivity contribution in [1.82, 2.24) is 15.2 Å². The molecule has 1 amide bonds. The number of carbonyl (C=O) groups excluding carboxylic acids is 1. The lowest BCUT2D eigenvalue weighted by Crippen LogP contribution is -2.30. The van der Waals surface area contributed by atoms with Crippen molar-refractivity contribution in [2.75, 3.05) is 10.7 Å². The van der Waals surface area contributed by atoms with E-state index < -0.39 is 0 Å². The van der Waals surface area contributed by atoms with E-state index in [-0.39, 0.29) is 11.7 Å². The number of thioether (sulfide) groups is 1. The lowest BCUT2D eigenvalue weighted by Gasteiger charge is -2.30. The average Bonchev–Trinajstić information content (AvgIpc) is 3.25. The molecule has 0 spiro atoms. The molecule has 1 N–H and O–H groups in total. The van der Waals surface area contributed by atoms with Crippen molar-refractivity contribution in [2.24, 2.45) is 0 Å². The molecule has 148 valence electrons. The Morgan fingerprint density at radius 3 is 2.27 bits per heavy atom. The maximum absolute atomic E-state index is 13.2. The lowest BCUT2D eigenvalue weighted by molar-refractivity contribution is -0.115. The molecule has 2 heterocycles. The van der Waals surface area contributed by atoms with Gasteiger partial charge in [-0.15, -0.1) is 5.10 Å². The number of amides is 1. The topological polar surface area (TPSA) is 61.9 Å². The standard InChI is InChI=1S/C23H18N4OS2/c1-15-10-12-16(13-11-15)22-24-23(26-25-22)29-14-21(28)27-17-6-2-4-8-19(17)30-20-9-5-3-7-18(20)27/h2-13H,14H2,1H3,(H,24,25,26). The SMILES string of the molecule is Cc1ccc(-c2nc(SCC(=O)N3c4ccccc4Sc4ccccc43)n[nH]2)cc1. The number of anilines is 2. The summed E-state index contributed by atoms with van der Waals surface area (Å²) in [5.41, 5.74) is 4.00. The van der Waals surface area contributed by atoms with Gasteiger partial charge in [0.15, 0.2) is 5.82 Å². The van der Waals surface area contributed by atoms with Crippen molar-refractivity contribution < 1.29 is 4.79 Å². The van der Waals surface area contributed by atoms with E-state index in [0.29, 0.717) is 11.0 Å². The number of hydrogen-bond donors (Lipinski definition) is 1. The predicted molar refractivity (Wildman–Crippen MR) is 121 cm³/mol. The van der Waals surface area contributed by atoms with E-state index in [9.17, 15) is 4.79 Å². The number of carbonyl (C=O) groups is 1. The Labute approximate surface area is 182 Å². The fourth-order valence-electron chi connectivity index (χ4n) is 3.32. The summed E-state index contributed by atoms with van der Waals surface area (Å²) in [6, 6.07) is 24.1. The Hall–Kier alpha value is -3.03. The van der Waals surface area contributed by atoms with Gasteiger partial charge in [0.2, 0.25) is 11.1 Å². The Morgan fingerprint density at radius 2 is 1.60 bits per heavy atom. The molecule has 0 aliphatic carbocycles. The van der Waals surface area contributed by atoms with Gasteiger partial charge in [-0.2, -0.15) is 0 Å². The molecule has 0 unspecified atom stereocenters. The lowest BCUT2D eigenvalue weighted by atomic mass is 10.1. The molecule has 1 aliphatic heterocycles. The third-order valence-corrected chi connectivity index (χ3v) is 6.76. The minimum atomic E-state index is 0.00175. The number of H-pyrrole nitrogens is 1. The highest BCUT2D eigenvalue weighted by atomic mass is 32.2. The van der Waals surface area contributed by atoms with E-state index in [1.165, 1.54) is 17.3 Å². The second-order valence-electron chi connectivity index (χ2n) is 6.89. The van der Waals surface area contributed by atoms with Crippen LogP contribution < -0.4 is 4.90 Å². The summed E-state index contributed by atoms with van der Waals surface area (Å²) in [4.78, 5) is 21.7. The number of aromatic nitrogens is 3. The van der Waals surface area contributed by atoms with E-state index in [1.54, 1.807) is 11.8 Å². The average molecular weight is 431 g/mol. The first-order chi connectivity index (χ1) is 14.7. The van der Waals surface area contributed by atoms with Crippen molar-refractivity contribution in [3.63, 3.8) is 0 Å². The van der Waals surface area contributed by atoms with Crippen LogP contribution in [0.3, 0.4) is 0 Å². The van der Waals surface area contributed by atoms with Crippen LogP contribution in [0.5, 0.6) is 0 Å². The first kappa shape index (κ1) is 19.0. The molecule has 1 aliphatic rings. The zero-order chi connectivity index (χ0) is 20.5. The van der Waals surface area contributed by atoms with E-state index in [0.717, 1.165) is 26.7 Å². The van der Waals surface area contributed by atoms with Gasteiger partial charge in [-0.25, -0.2) is 4.98 Å². The number of aromatic amines is 1. The fourth-order valence-corrected chi connectivity index (χ4v) is 5.02. The molecule has 4 aromatic rings. The fraction of sp³-hybridized carbons (Fsp3) is 0.0870.